The molecule has 0 aliphatic carbocycles. The molecule has 0 bridgehead atoms. The molecule has 2 aromatic carbocycles. The number of fused-ring (bicyclic) bond motifs is 1. The van der Waals surface area contributed by atoms with Crippen LogP contribution in [-0.4, -0.2) is 21.9 Å². The van der Waals surface area contributed by atoms with Crippen molar-refractivity contribution in [1.82, 2.24) is 9.97 Å². The molecule has 0 aliphatic heterocycles. The van der Waals surface area contributed by atoms with E-state index in [9.17, 15) is 14.9 Å². The Morgan fingerprint density at radius 2 is 2.00 bits per heavy atom. The molecule has 3 rings (SSSR count). The number of H-pyrrole nitrogens is 1. The second kappa shape index (κ2) is 6.40. The van der Waals surface area contributed by atoms with Gasteiger partial charge >= 0.3 is 0 Å². The van der Waals surface area contributed by atoms with E-state index in [1.807, 2.05) is 24.3 Å². The van der Waals surface area contributed by atoms with Crippen LogP contribution in [0.15, 0.2) is 52.0 Å². The van der Waals surface area contributed by atoms with E-state index in [0.29, 0.717) is 17.7 Å². The van der Waals surface area contributed by atoms with Crippen molar-refractivity contribution in [2.24, 2.45) is 0 Å². The summed E-state index contributed by atoms with van der Waals surface area (Å²) >= 11 is 3.38. The van der Waals surface area contributed by atoms with Crippen LogP contribution in [0.3, 0.4) is 0 Å². The molecular formula is C16H13BrN4O3. The fourth-order valence-electron chi connectivity index (χ4n) is 2.49. The summed E-state index contributed by atoms with van der Waals surface area (Å²) in [6, 6.07) is 10.6. The minimum absolute atomic E-state index is 0.124. The van der Waals surface area contributed by atoms with E-state index in [4.69, 9.17) is 0 Å². The van der Waals surface area contributed by atoms with Crippen LogP contribution in [0.5, 0.6) is 0 Å². The summed E-state index contributed by atoms with van der Waals surface area (Å²) in [7, 11) is 1.77. The Morgan fingerprint density at radius 3 is 2.67 bits per heavy atom. The van der Waals surface area contributed by atoms with Crippen molar-refractivity contribution in [2.45, 2.75) is 6.54 Å². The zero-order valence-electron chi connectivity index (χ0n) is 12.7. The first-order valence-electron chi connectivity index (χ1n) is 7.07. The molecule has 1 N–H and O–H groups in total. The molecule has 0 atom stereocenters. The molecule has 122 valence electrons. The van der Waals surface area contributed by atoms with Crippen molar-refractivity contribution in [3.63, 3.8) is 0 Å². The van der Waals surface area contributed by atoms with Crippen LogP contribution in [-0.2, 0) is 6.54 Å². The molecule has 0 saturated carbocycles. The number of hydrogen-bond donors (Lipinski definition) is 1. The SMILES string of the molecule is CN(Cc1ccc(Br)cc1)c1cc2nc[nH]c(=O)c2cc1[N+](=O)[O-]. The summed E-state index contributed by atoms with van der Waals surface area (Å²) < 4.78 is 0.967. The zero-order valence-corrected chi connectivity index (χ0v) is 14.3. The van der Waals surface area contributed by atoms with E-state index >= 15 is 0 Å². The van der Waals surface area contributed by atoms with Crippen molar-refractivity contribution < 1.29 is 4.92 Å². The number of hydrogen-bond acceptors (Lipinski definition) is 5. The molecule has 1 aromatic heterocycles. The van der Waals surface area contributed by atoms with Gasteiger partial charge in [0, 0.05) is 24.1 Å². The van der Waals surface area contributed by atoms with E-state index in [-0.39, 0.29) is 11.1 Å². The summed E-state index contributed by atoms with van der Waals surface area (Å²) in [5.74, 6) is 0. The summed E-state index contributed by atoms with van der Waals surface area (Å²) in [5.41, 5.74) is 1.32. The monoisotopic (exact) mass is 388 g/mol. The number of anilines is 1. The van der Waals surface area contributed by atoms with Crippen LogP contribution >= 0.6 is 15.9 Å². The minimum Gasteiger partial charge on any atom is -0.365 e. The van der Waals surface area contributed by atoms with Crippen molar-refractivity contribution >= 4 is 38.2 Å². The molecule has 0 radical (unpaired) electrons. The van der Waals surface area contributed by atoms with Gasteiger partial charge in [0.05, 0.1) is 22.2 Å². The number of benzene rings is 2. The lowest BCUT2D eigenvalue weighted by Gasteiger charge is -2.19. The van der Waals surface area contributed by atoms with Gasteiger partial charge in [-0.05, 0) is 23.8 Å². The molecule has 0 spiro atoms. The van der Waals surface area contributed by atoms with Gasteiger partial charge in [0.25, 0.3) is 11.2 Å². The normalized spacial score (nSPS) is 10.8. The van der Waals surface area contributed by atoms with Crippen molar-refractivity contribution in [3.05, 3.63) is 73.2 Å². The number of nitrogens with one attached hydrogen (secondary N) is 1. The Bertz CT molecular complexity index is 969. The molecule has 0 unspecified atom stereocenters. The number of rotatable bonds is 4. The van der Waals surface area contributed by atoms with Crippen LogP contribution in [0.4, 0.5) is 11.4 Å². The molecule has 3 aromatic rings. The van der Waals surface area contributed by atoms with Crippen LogP contribution < -0.4 is 10.5 Å². The molecule has 24 heavy (non-hydrogen) atoms. The number of halogens is 1. The number of nitro groups is 1. The first-order chi connectivity index (χ1) is 11.5. The molecule has 7 nitrogen and oxygen atoms in total. The zero-order chi connectivity index (χ0) is 17.3. The quantitative estimate of drug-likeness (QED) is 0.546. The molecular weight excluding hydrogens is 376 g/mol. The van der Waals surface area contributed by atoms with E-state index in [1.54, 1.807) is 18.0 Å². The second-order valence-electron chi connectivity index (χ2n) is 5.33. The van der Waals surface area contributed by atoms with Gasteiger partial charge in [-0.2, -0.15) is 0 Å². The Hall–Kier alpha value is -2.74. The van der Waals surface area contributed by atoms with Crippen LogP contribution in [0, 0.1) is 10.1 Å². The van der Waals surface area contributed by atoms with E-state index in [0.717, 1.165) is 10.0 Å². The highest BCUT2D eigenvalue weighted by atomic mass is 79.9. The molecule has 0 saturated heterocycles. The Kier molecular flexibility index (Phi) is 4.30. The second-order valence-corrected chi connectivity index (χ2v) is 6.25. The molecule has 0 aliphatic rings. The standard InChI is InChI=1S/C16H13BrN4O3/c1-20(8-10-2-4-11(17)5-3-10)14-7-13-12(6-15(14)21(23)24)16(22)19-9-18-13/h2-7,9H,8H2,1H3,(H,18,19,22). The average Bonchev–Trinajstić information content (AvgIpc) is 2.56. The Morgan fingerprint density at radius 1 is 1.29 bits per heavy atom. The topological polar surface area (TPSA) is 92.1 Å². The lowest BCUT2D eigenvalue weighted by Crippen LogP contribution is -2.18. The highest BCUT2D eigenvalue weighted by Gasteiger charge is 2.20. The first-order valence-corrected chi connectivity index (χ1v) is 7.86. The van der Waals surface area contributed by atoms with Crippen molar-refractivity contribution in [2.75, 3.05) is 11.9 Å². The largest absolute Gasteiger partial charge is 0.365 e. The highest BCUT2D eigenvalue weighted by molar-refractivity contribution is 9.10. The smallest absolute Gasteiger partial charge is 0.293 e. The molecule has 0 amide bonds. The highest BCUT2D eigenvalue weighted by Crippen LogP contribution is 2.31. The maximum atomic E-state index is 11.8. The van der Waals surface area contributed by atoms with Gasteiger partial charge in [-0.15, -0.1) is 0 Å². The van der Waals surface area contributed by atoms with Crippen LogP contribution in [0.25, 0.3) is 10.9 Å². The predicted molar refractivity (Wildman–Crippen MR) is 95.3 cm³/mol. The minimum atomic E-state index is -0.487. The predicted octanol–water partition coefficient (Wildman–Crippen LogP) is 3.23. The molecule has 1 heterocycles. The Labute approximate surface area is 145 Å². The van der Waals surface area contributed by atoms with Crippen LogP contribution in [0.2, 0.25) is 0 Å². The summed E-state index contributed by atoms with van der Waals surface area (Å²) in [4.78, 5) is 31.0. The van der Waals surface area contributed by atoms with Gasteiger partial charge in [0.15, 0.2) is 0 Å². The van der Waals surface area contributed by atoms with E-state index in [2.05, 4.69) is 25.9 Å². The number of nitro benzene ring substituents is 1. The average molecular weight is 389 g/mol. The Balaban J connectivity index is 2.06. The van der Waals surface area contributed by atoms with Gasteiger partial charge in [0.1, 0.15) is 5.69 Å². The van der Waals surface area contributed by atoms with Crippen molar-refractivity contribution in [1.29, 1.82) is 0 Å². The van der Waals surface area contributed by atoms with Crippen molar-refractivity contribution in [3.8, 4) is 0 Å². The third kappa shape index (κ3) is 3.13. The van der Waals surface area contributed by atoms with Crippen LogP contribution in [0.1, 0.15) is 5.56 Å². The lowest BCUT2D eigenvalue weighted by atomic mass is 10.1. The fraction of sp³-hybridized carbons (Fsp3) is 0.125. The maximum absolute atomic E-state index is 11.8. The number of aromatic amines is 1. The van der Waals surface area contributed by atoms with E-state index in [1.165, 1.54) is 12.4 Å². The lowest BCUT2D eigenvalue weighted by molar-refractivity contribution is -0.384. The fourth-order valence-corrected chi connectivity index (χ4v) is 2.76. The number of nitrogens with zero attached hydrogens (tertiary/aromatic N) is 3. The number of aromatic nitrogens is 2. The molecule has 0 fully saturated rings. The van der Waals surface area contributed by atoms with Gasteiger partial charge < -0.3 is 9.88 Å². The third-order valence-electron chi connectivity index (χ3n) is 3.68. The summed E-state index contributed by atoms with van der Waals surface area (Å²) in [6.45, 7) is 0.489. The van der Waals surface area contributed by atoms with Gasteiger partial charge in [0.2, 0.25) is 0 Å². The first kappa shape index (κ1) is 16.1. The summed E-state index contributed by atoms with van der Waals surface area (Å²) in [5, 5.41) is 11.6. The summed E-state index contributed by atoms with van der Waals surface area (Å²) in [6.07, 6.45) is 1.29. The third-order valence-corrected chi connectivity index (χ3v) is 4.21. The van der Waals surface area contributed by atoms with Gasteiger partial charge in [-0.1, -0.05) is 28.1 Å². The van der Waals surface area contributed by atoms with Gasteiger partial charge in [-0.3, -0.25) is 14.9 Å². The molecule has 8 heteroatoms. The van der Waals surface area contributed by atoms with E-state index < -0.39 is 10.5 Å². The maximum Gasteiger partial charge on any atom is 0.293 e. The van der Waals surface area contributed by atoms with Gasteiger partial charge in [-0.25, -0.2) is 4.98 Å².